The SMILES string of the molecule is CCC(C(C)C)C1CC(C)OC(C)C1. The standard InChI is InChI=1S/C13H26O/c1-6-13(9(2)3)12-7-10(4)14-11(5)8-12/h9-13H,6-8H2,1-5H3. The van der Waals surface area contributed by atoms with Crippen molar-refractivity contribution in [3.8, 4) is 0 Å². The molecule has 0 spiro atoms. The van der Waals surface area contributed by atoms with E-state index in [0.29, 0.717) is 12.2 Å². The third-order valence-electron chi connectivity index (χ3n) is 3.67. The fourth-order valence-corrected chi connectivity index (χ4v) is 3.16. The molecule has 0 aromatic rings. The summed E-state index contributed by atoms with van der Waals surface area (Å²) in [4.78, 5) is 0. The quantitative estimate of drug-likeness (QED) is 0.669. The van der Waals surface area contributed by atoms with Crippen LogP contribution >= 0.6 is 0 Å². The Hall–Kier alpha value is -0.0400. The van der Waals surface area contributed by atoms with Crippen molar-refractivity contribution in [1.29, 1.82) is 0 Å². The zero-order valence-corrected chi connectivity index (χ0v) is 10.4. The first-order valence-corrected chi connectivity index (χ1v) is 6.20. The van der Waals surface area contributed by atoms with Crippen LogP contribution in [0.25, 0.3) is 0 Å². The van der Waals surface area contributed by atoms with Crippen LogP contribution in [0.5, 0.6) is 0 Å². The summed E-state index contributed by atoms with van der Waals surface area (Å²) in [6.45, 7) is 11.5. The number of hydrogen-bond donors (Lipinski definition) is 0. The zero-order valence-electron chi connectivity index (χ0n) is 10.4. The van der Waals surface area contributed by atoms with Gasteiger partial charge in [0.2, 0.25) is 0 Å². The molecule has 0 radical (unpaired) electrons. The largest absolute Gasteiger partial charge is 0.376 e. The minimum absolute atomic E-state index is 0.469. The highest BCUT2D eigenvalue weighted by Gasteiger charge is 2.30. The summed E-state index contributed by atoms with van der Waals surface area (Å²) >= 11 is 0. The highest BCUT2D eigenvalue weighted by atomic mass is 16.5. The molecule has 0 N–H and O–H groups in total. The van der Waals surface area contributed by atoms with Gasteiger partial charge in [-0.2, -0.15) is 0 Å². The van der Waals surface area contributed by atoms with Gasteiger partial charge in [-0.15, -0.1) is 0 Å². The molecule has 1 heteroatoms. The van der Waals surface area contributed by atoms with E-state index in [2.05, 4.69) is 34.6 Å². The zero-order chi connectivity index (χ0) is 10.7. The molecule has 1 aliphatic rings. The molecule has 1 saturated heterocycles. The van der Waals surface area contributed by atoms with Crippen LogP contribution in [0.2, 0.25) is 0 Å². The molecule has 3 unspecified atom stereocenters. The van der Waals surface area contributed by atoms with Crippen LogP contribution in [0.15, 0.2) is 0 Å². The highest BCUT2D eigenvalue weighted by molar-refractivity contribution is 4.80. The predicted octanol–water partition coefficient (Wildman–Crippen LogP) is 3.87. The molecular formula is C13H26O. The van der Waals surface area contributed by atoms with E-state index in [4.69, 9.17) is 4.74 Å². The van der Waals surface area contributed by atoms with Crippen LogP contribution in [0.4, 0.5) is 0 Å². The van der Waals surface area contributed by atoms with E-state index in [0.717, 1.165) is 17.8 Å². The van der Waals surface area contributed by atoms with Crippen molar-refractivity contribution in [2.45, 2.75) is 66.1 Å². The Bertz CT molecular complexity index is 155. The predicted molar refractivity (Wildman–Crippen MR) is 61.4 cm³/mol. The highest BCUT2D eigenvalue weighted by Crippen LogP contribution is 2.35. The first kappa shape index (κ1) is 12.0. The Balaban J connectivity index is 2.56. The topological polar surface area (TPSA) is 9.23 Å². The molecule has 0 aromatic carbocycles. The van der Waals surface area contributed by atoms with Crippen LogP contribution in [-0.4, -0.2) is 12.2 Å². The van der Waals surface area contributed by atoms with Crippen LogP contribution < -0.4 is 0 Å². The molecule has 14 heavy (non-hydrogen) atoms. The van der Waals surface area contributed by atoms with Crippen molar-refractivity contribution in [1.82, 2.24) is 0 Å². The van der Waals surface area contributed by atoms with E-state index in [1.807, 2.05) is 0 Å². The van der Waals surface area contributed by atoms with Gasteiger partial charge in [-0.3, -0.25) is 0 Å². The molecule has 0 aliphatic carbocycles. The van der Waals surface area contributed by atoms with Gasteiger partial charge in [-0.05, 0) is 44.4 Å². The van der Waals surface area contributed by atoms with Gasteiger partial charge in [-0.1, -0.05) is 27.2 Å². The lowest BCUT2D eigenvalue weighted by Gasteiger charge is -2.38. The van der Waals surface area contributed by atoms with Crippen molar-refractivity contribution >= 4 is 0 Å². The Morgan fingerprint density at radius 1 is 1.14 bits per heavy atom. The molecule has 1 fully saturated rings. The van der Waals surface area contributed by atoms with Gasteiger partial charge in [0.05, 0.1) is 12.2 Å². The van der Waals surface area contributed by atoms with Crippen LogP contribution in [0.1, 0.15) is 53.9 Å². The third kappa shape index (κ3) is 2.98. The lowest BCUT2D eigenvalue weighted by Crippen LogP contribution is -2.34. The van der Waals surface area contributed by atoms with E-state index >= 15 is 0 Å². The second kappa shape index (κ2) is 5.16. The van der Waals surface area contributed by atoms with Gasteiger partial charge in [0.15, 0.2) is 0 Å². The number of ether oxygens (including phenoxy) is 1. The van der Waals surface area contributed by atoms with Gasteiger partial charge in [0.1, 0.15) is 0 Å². The Morgan fingerprint density at radius 3 is 2.00 bits per heavy atom. The van der Waals surface area contributed by atoms with E-state index < -0.39 is 0 Å². The molecular weight excluding hydrogens is 172 g/mol. The van der Waals surface area contributed by atoms with Gasteiger partial charge in [0.25, 0.3) is 0 Å². The molecule has 1 aliphatic heterocycles. The number of rotatable bonds is 3. The fraction of sp³-hybridized carbons (Fsp3) is 1.00. The van der Waals surface area contributed by atoms with Gasteiger partial charge in [-0.25, -0.2) is 0 Å². The van der Waals surface area contributed by atoms with Crippen molar-refractivity contribution in [2.75, 3.05) is 0 Å². The summed E-state index contributed by atoms with van der Waals surface area (Å²) in [6.07, 6.45) is 4.79. The fourth-order valence-electron chi connectivity index (χ4n) is 3.16. The Labute approximate surface area is 89.2 Å². The Morgan fingerprint density at radius 2 is 1.64 bits per heavy atom. The normalized spacial score (nSPS) is 36.0. The first-order valence-electron chi connectivity index (χ1n) is 6.20. The smallest absolute Gasteiger partial charge is 0.0553 e. The molecule has 1 heterocycles. The summed E-state index contributed by atoms with van der Waals surface area (Å²) in [7, 11) is 0. The van der Waals surface area contributed by atoms with E-state index in [1.54, 1.807) is 0 Å². The molecule has 84 valence electrons. The maximum atomic E-state index is 5.79. The molecule has 0 aromatic heterocycles. The van der Waals surface area contributed by atoms with Gasteiger partial charge in [0, 0.05) is 0 Å². The average Bonchev–Trinajstić information content (AvgIpc) is 2.02. The summed E-state index contributed by atoms with van der Waals surface area (Å²) in [6, 6.07) is 0. The minimum atomic E-state index is 0.469. The molecule has 0 saturated carbocycles. The molecule has 0 bridgehead atoms. The summed E-state index contributed by atoms with van der Waals surface area (Å²) in [5.41, 5.74) is 0. The van der Waals surface area contributed by atoms with E-state index in [-0.39, 0.29) is 0 Å². The first-order chi connectivity index (χ1) is 6.54. The Kier molecular flexibility index (Phi) is 4.43. The minimum Gasteiger partial charge on any atom is -0.376 e. The molecule has 3 atom stereocenters. The van der Waals surface area contributed by atoms with Crippen LogP contribution in [0.3, 0.4) is 0 Å². The lowest BCUT2D eigenvalue weighted by atomic mass is 9.75. The van der Waals surface area contributed by atoms with Crippen molar-refractivity contribution in [3.05, 3.63) is 0 Å². The molecule has 1 rings (SSSR count). The second-order valence-corrected chi connectivity index (χ2v) is 5.30. The maximum Gasteiger partial charge on any atom is 0.0553 e. The van der Waals surface area contributed by atoms with Gasteiger partial charge < -0.3 is 4.74 Å². The second-order valence-electron chi connectivity index (χ2n) is 5.30. The van der Waals surface area contributed by atoms with Crippen molar-refractivity contribution < 1.29 is 4.74 Å². The molecule has 0 amide bonds. The maximum absolute atomic E-state index is 5.79. The summed E-state index contributed by atoms with van der Waals surface area (Å²) in [5, 5.41) is 0. The van der Waals surface area contributed by atoms with Crippen molar-refractivity contribution in [3.63, 3.8) is 0 Å². The van der Waals surface area contributed by atoms with Crippen LogP contribution in [-0.2, 0) is 4.74 Å². The lowest BCUT2D eigenvalue weighted by molar-refractivity contribution is -0.0680. The summed E-state index contributed by atoms with van der Waals surface area (Å²) in [5.74, 6) is 2.60. The molecule has 1 nitrogen and oxygen atoms in total. The average molecular weight is 198 g/mol. The van der Waals surface area contributed by atoms with E-state index in [1.165, 1.54) is 19.3 Å². The monoisotopic (exact) mass is 198 g/mol. The van der Waals surface area contributed by atoms with E-state index in [9.17, 15) is 0 Å². The number of hydrogen-bond acceptors (Lipinski definition) is 1. The van der Waals surface area contributed by atoms with Gasteiger partial charge >= 0.3 is 0 Å². The van der Waals surface area contributed by atoms with Crippen molar-refractivity contribution in [2.24, 2.45) is 17.8 Å². The summed E-state index contributed by atoms with van der Waals surface area (Å²) < 4.78 is 5.79. The third-order valence-corrected chi connectivity index (χ3v) is 3.67. The van der Waals surface area contributed by atoms with Crippen LogP contribution in [0, 0.1) is 17.8 Å².